The van der Waals surface area contributed by atoms with Crippen molar-refractivity contribution < 1.29 is 18.8 Å². The largest absolute Gasteiger partial charge is 0.455 e. The first-order chi connectivity index (χ1) is 16.9. The van der Waals surface area contributed by atoms with E-state index in [-0.39, 0.29) is 12.4 Å². The number of nitrogens with zero attached hydrogens (tertiary/aromatic N) is 3. The van der Waals surface area contributed by atoms with Crippen molar-refractivity contribution in [3.8, 4) is 16.9 Å². The van der Waals surface area contributed by atoms with Gasteiger partial charge in [-0.2, -0.15) is 5.10 Å². The molecule has 9 heteroatoms. The quantitative estimate of drug-likeness (QED) is 0.334. The van der Waals surface area contributed by atoms with Gasteiger partial charge in [-0.05, 0) is 32.9 Å². The summed E-state index contributed by atoms with van der Waals surface area (Å²) >= 11 is 1.38. The Bertz CT molecular complexity index is 1290. The first-order valence-corrected chi connectivity index (χ1v) is 12.2. The van der Waals surface area contributed by atoms with Gasteiger partial charge in [0.1, 0.15) is 11.6 Å². The van der Waals surface area contributed by atoms with Crippen molar-refractivity contribution in [2.75, 3.05) is 17.7 Å². The van der Waals surface area contributed by atoms with E-state index in [1.54, 1.807) is 10.7 Å². The van der Waals surface area contributed by atoms with Gasteiger partial charge in [0, 0.05) is 22.9 Å². The Morgan fingerprint density at radius 1 is 1.06 bits per heavy atom. The SMILES string of the molecule is Cc1ccc(-c2cc(NC(=O)COC(=O)CSCc3c(C)noc3C)n(-c3ccccc3)n2)cc1. The molecule has 2 aromatic carbocycles. The van der Waals surface area contributed by atoms with Gasteiger partial charge in [0.05, 0.1) is 22.8 Å². The number of hydrogen-bond donors (Lipinski definition) is 1. The molecule has 0 aliphatic heterocycles. The number of carbonyl (C=O) groups excluding carboxylic acids is 2. The van der Waals surface area contributed by atoms with Crippen molar-refractivity contribution in [2.24, 2.45) is 0 Å². The number of thioether (sulfide) groups is 1. The molecule has 0 radical (unpaired) electrons. The highest BCUT2D eigenvalue weighted by molar-refractivity contribution is 7.99. The molecule has 0 aliphatic rings. The van der Waals surface area contributed by atoms with Crippen LogP contribution in [0.15, 0.2) is 65.2 Å². The molecule has 35 heavy (non-hydrogen) atoms. The number of hydrogen-bond acceptors (Lipinski definition) is 7. The zero-order valence-corrected chi connectivity index (χ0v) is 20.6. The Hall–Kier alpha value is -3.85. The molecule has 0 aliphatic carbocycles. The molecule has 0 fully saturated rings. The molecule has 4 rings (SSSR count). The van der Waals surface area contributed by atoms with Gasteiger partial charge in [-0.1, -0.05) is 53.2 Å². The molecule has 2 aromatic heterocycles. The van der Waals surface area contributed by atoms with Crippen LogP contribution in [0.4, 0.5) is 5.82 Å². The number of carbonyl (C=O) groups is 2. The number of aryl methyl sites for hydroxylation is 3. The lowest BCUT2D eigenvalue weighted by molar-refractivity contribution is -0.144. The summed E-state index contributed by atoms with van der Waals surface area (Å²) in [7, 11) is 0. The summed E-state index contributed by atoms with van der Waals surface area (Å²) < 4.78 is 12.0. The summed E-state index contributed by atoms with van der Waals surface area (Å²) in [6.45, 7) is 5.33. The van der Waals surface area contributed by atoms with Crippen LogP contribution in [0.3, 0.4) is 0 Å². The Balaban J connectivity index is 1.38. The highest BCUT2D eigenvalue weighted by Gasteiger charge is 2.16. The van der Waals surface area contributed by atoms with Gasteiger partial charge >= 0.3 is 5.97 Å². The zero-order chi connectivity index (χ0) is 24.8. The lowest BCUT2D eigenvalue weighted by Gasteiger charge is -2.09. The highest BCUT2D eigenvalue weighted by atomic mass is 32.2. The van der Waals surface area contributed by atoms with E-state index in [0.29, 0.717) is 11.6 Å². The molecule has 0 saturated carbocycles. The van der Waals surface area contributed by atoms with Crippen LogP contribution in [0.2, 0.25) is 0 Å². The van der Waals surface area contributed by atoms with Gasteiger partial charge < -0.3 is 14.6 Å². The van der Waals surface area contributed by atoms with Crippen LogP contribution in [0.1, 0.15) is 22.6 Å². The van der Waals surface area contributed by atoms with E-state index >= 15 is 0 Å². The van der Waals surface area contributed by atoms with Crippen LogP contribution in [0.5, 0.6) is 0 Å². The molecular formula is C26H26N4O4S. The van der Waals surface area contributed by atoms with Crippen molar-refractivity contribution in [3.05, 3.63) is 83.2 Å². The summed E-state index contributed by atoms with van der Waals surface area (Å²) in [6.07, 6.45) is 0. The predicted octanol–water partition coefficient (Wildman–Crippen LogP) is 4.87. The predicted molar refractivity (Wildman–Crippen MR) is 135 cm³/mol. The van der Waals surface area contributed by atoms with Gasteiger partial charge in [-0.3, -0.25) is 9.59 Å². The second-order valence-electron chi connectivity index (χ2n) is 8.03. The zero-order valence-electron chi connectivity index (χ0n) is 19.8. The third-order valence-corrected chi connectivity index (χ3v) is 6.27. The Morgan fingerprint density at radius 3 is 2.49 bits per heavy atom. The minimum Gasteiger partial charge on any atom is -0.455 e. The van der Waals surface area contributed by atoms with E-state index in [9.17, 15) is 9.59 Å². The van der Waals surface area contributed by atoms with Crippen molar-refractivity contribution in [1.82, 2.24) is 14.9 Å². The summed E-state index contributed by atoms with van der Waals surface area (Å²) in [5, 5.41) is 11.4. The summed E-state index contributed by atoms with van der Waals surface area (Å²) in [6, 6.07) is 19.3. The van der Waals surface area contributed by atoms with Crippen molar-refractivity contribution in [3.63, 3.8) is 0 Å². The molecule has 0 atom stereocenters. The minimum atomic E-state index is -0.464. The Labute approximate surface area is 207 Å². The molecule has 0 saturated heterocycles. The first kappa shape index (κ1) is 24.3. The molecule has 1 amide bonds. The fourth-order valence-corrected chi connectivity index (χ4v) is 4.38. The number of esters is 1. The standard InChI is InChI=1S/C26H26N4O4S/c1-17-9-11-20(12-10-17)23-13-24(30(28-23)21-7-5-4-6-8-21)27-25(31)14-33-26(32)16-35-15-22-18(2)29-34-19(22)3/h4-13H,14-16H2,1-3H3,(H,27,31). The topological polar surface area (TPSA) is 99.2 Å². The molecule has 8 nitrogen and oxygen atoms in total. The molecule has 0 bridgehead atoms. The number of nitrogens with one attached hydrogen (secondary N) is 1. The van der Waals surface area contributed by atoms with Crippen LogP contribution in [-0.4, -0.2) is 39.2 Å². The number of amides is 1. The smallest absolute Gasteiger partial charge is 0.316 e. The Kier molecular flexibility index (Phi) is 7.67. The summed E-state index contributed by atoms with van der Waals surface area (Å²) in [5.41, 5.74) is 5.38. The second kappa shape index (κ2) is 11.1. The van der Waals surface area contributed by atoms with Crippen LogP contribution >= 0.6 is 11.8 Å². The maximum Gasteiger partial charge on any atom is 0.316 e. The number of para-hydroxylation sites is 1. The lowest BCUT2D eigenvalue weighted by Crippen LogP contribution is -2.23. The average molecular weight is 491 g/mol. The number of rotatable bonds is 9. The lowest BCUT2D eigenvalue weighted by atomic mass is 10.1. The first-order valence-electron chi connectivity index (χ1n) is 11.1. The normalized spacial score (nSPS) is 10.8. The molecule has 0 spiro atoms. The van der Waals surface area contributed by atoms with Crippen molar-refractivity contribution in [1.29, 1.82) is 0 Å². The molecule has 4 aromatic rings. The van der Waals surface area contributed by atoms with Gasteiger partial charge in [0.2, 0.25) is 0 Å². The molecule has 2 heterocycles. The van der Waals surface area contributed by atoms with E-state index in [0.717, 1.165) is 39.5 Å². The third kappa shape index (κ3) is 6.19. The molecule has 180 valence electrons. The van der Waals surface area contributed by atoms with E-state index < -0.39 is 11.9 Å². The third-order valence-electron chi connectivity index (χ3n) is 5.34. The molecular weight excluding hydrogens is 464 g/mol. The maximum atomic E-state index is 12.6. The number of aromatic nitrogens is 3. The van der Waals surface area contributed by atoms with Gasteiger partial charge in [0.15, 0.2) is 6.61 Å². The fourth-order valence-electron chi connectivity index (χ4n) is 3.41. The number of anilines is 1. The number of benzene rings is 2. The molecule has 0 unspecified atom stereocenters. The van der Waals surface area contributed by atoms with Crippen molar-refractivity contribution >= 4 is 29.5 Å². The van der Waals surface area contributed by atoms with Crippen LogP contribution < -0.4 is 5.32 Å². The van der Waals surface area contributed by atoms with E-state index in [1.165, 1.54) is 11.8 Å². The van der Waals surface area contributed by atoms with Crippen LogP contribution in [-0.2, 0) is 20.1 Å². The summed E-state index contributed by atoms with van der Waals surface area (Å²) in [5.74, 6) is 1.02. The second-order valence-corrected chi connectivity index (χ2v) is 9.02. The van der Waals surface area contributed by atoms with E-state index in [2.05, 4.69) is 15.6 Å². The number of ether oxygens (including phenoxy) is 1. The summed E-state index contributed by atoms with van der Waals surface area (Å²) in [4.78, 5) is 24.7. The fraction of sp³-hybridized carbons (Fsp3) is 0.231. The maximum absolute atomic E-state index is 12.6. The van der Waals surface area contributed by atoms with Gasteiger partial charge in [0.25, 0.3) is 5.91 Å². The van der Waals surface area contributed by atoms with Crippen LogP contribution in [0.25, 0.3) is 16.9 Å². The minimum absolute atomic E-state index is 0.122. The Morgan fingerprint density at radius 2 is 1.80 bits per heavy atom. The average Bonchev–Trinajstić information content (AvgIpc) is 3.42. The van der Waals surface area contributed by atoms with Crippen LogP contribution in [0, 0.1) is 20.8 Å². The van der Waals surface area contributed by atoms with Crippen molar-refractivity contribution in [2.45, 2.75) is 26.5 Å². The van der Waals surface area contributed by atoms with Gasteiger partial charge in [-0.25, -0.2) is 4.68 Å². The molecule has 1 N–H and O–H groups in total. The monoisotopic (exact) mass is 490 g/mol. The van der Waals surface area contributed by atoms with E-state index in [1.807, 2.05) is 75.4 Å². The highest BCUT2D eigenvalue weighted by Crippen LogP contribution is 2.25. The van der Waals surface area contributed by atoms with Gasteiger partial charge in [-0.15, -0.1) is 11.8 Å². The van der Waals surface area contributed by atoms with E-state index in [4.69, 9.17) is 9.26 Å².